The van der Waals surface area contributed by atoms with E-state index in [1.165, 1.54) is 5.39 Å². The molecule has 0 spiro atoms. The van der Waals surface area contributed by atoms with E-state index in [-0.39, 0.29) is 5.91 Å². The second kappa shape index (κ2) is 6.93. The van der Waals surface area contributed by atoms with Gasteiger partial charge < -0.3 is 4.90 Å². The lowest BCUT2D eigenvalue weighted by molar-refractivity contribution is -0.125. The maximum absolute atomic E-state index is 12.5. The molecule has 0 aliphatic rings. The Kier molecular flexibility index (Phi) is 4.70. The lowest BCUT2D eigenvalue weighted by Gasteiger charge is -2.15. The molecule has 0 saturated carbocycles. The first-order valence-electron chi connectivity index (χ1n) is 8.37. The van der Waals surface area contributed by atoms with Gasteiger partial charge in [-0.1, -0.05) is 42.5 Å². The van der Waals surface area contributed by atoms with Crippen molar-refractivity contribution in [3.05, 3.63) is 71.1 Å². The Hall–Kier alpha value is -2.88. The summed E-state index contributed by atoms with van der Waals surface area (Å²) in [7, 11) is 3.75. The standard InChI is InChI=1S/C21H23N3O/c1-15-20(16(2)24(4)22-15)14-23(3)21(25)13-12-18-10-7-9-17-8-5-6-11-19(17)18/h5-13H,14H2,1-4H3/b13-12+. The first kappa shape index (κ1) is 17.0. The molecule has 4 heteroatoms. The van der Waals surface area contributed by atoms with E-state index in [1.54, 1.807) is 11.0 Å². The van der Waals surface area contributed by atoms with E-state index in [1.807, 2.05) is 63.0 Å². The molecule has 3 rings (SSSR count). The van der Waals surface area contributed by atoms with Crippen molar-refractivity contribution in [1.82, 2.24) is 14.7 Å². The van der Waals surface area contributed by atoms with Crippen LogP contribution in [0.5, 0.6) is 0 Å². The third kappa shape index (κ3) is 3.48. The van der Waals surface area contributed by atoms with Gasteiger partial charge in [0.1, 0.15) is 0 Å². The fraction of sp³-hybridized carbons (Fsp3) is 0.238. The summed E-state index contributed by atoms with van der Waals surface area (Å²) >= 11 is 0. The lowest BCUT2D eigenvalue weighted by Crippen LogP contribution is -2.24. The van der Waals surface area contributed by atoms with Crippen molar-refractivity contribution >= 4 is 22.8 Å². The van der Waals surface area contributed by atoms with E-state index in [9.17, 15) is 4.79 Å². The first-order chi connectivity index (χ1) is 12.0. The van der Waals surface area contributed by atoms with E-state index >= 15 is 0 Å². The van der Waals surface area contributed by atoms with Crippen LogP contribution in [0.4, 0.5) is 0 Å². The number of amides is 1. The third-order valence-corrected chi connectivity index (χ3v) is 4.66. The number of benzene rings is 2. The van der Waals surface area contributed by atoms with Gasteiger partial charge in [-0.15, -0.1) is 0 Å². The highest BCUT2D eigenvalue weighted by Gasteiger charge is 2.13. The predicted octanol–water partition coefficient (Wildman–Crippen LogP) is 3.86. The Labute approximate surface area is 148 Å². The Balaban J connectivity index is 1.78. The van der Waals surface area contributed by atoms with Gasteiger partial charge in [0.2, 0.25) is 5.91 Å². The van der Waals surface area contributed by atoms with Crippen LogP contribution in [0.3, 0.4) is 0 Å². The summed E-state index contributed by atoms with van der Waals surface area (Å²) in [5.74, 6) is -0.0180. The number of nitrogens with zero attached hydrogens (tertiary/aromatic N) is 3. The van der Waals surface area contributed by atoms with Crippen LogP contribution in [0, 0.1) is 13.8 Å². The molecular formula is C21H23N3O. The monoisotopic (exact) mass is 333 g/mol. The fourth-order valence-corrected chi connectivity index (χ4v) is 3.05. The number of hydrogen-bond acceptors (Lipinski definition) is 2. The smallest absolute Gasteiger partial charge is 0.246 e. The average Bonchev–Trinajstić information content (AvgIpc) is 2.85. The maximum atomic E-state index is 12.5. The number of carbonyl (C=O) groups excluding carboxylic acids is 1. The summed E-state index contributed by atoms with van der Waals surface area (Å²) < 4.78 is 1.86. The molecule has 1 heterocycles. The van der Waals surface area contributed by atoms with Crippen LogP contribution in [0.1, 0.15) is 22.5 Å². The lowest BCUT2D eigenvalue weighted by atomic mass is 10.0. The van der Waals surface area contributed by atoms with Crippen molar-refractivity contribution in [2.45, 2.75) is 20.4 Å². The minimum absolute atomic E-state index is 0.0180. The van der Waals surface area contributed by atoms with Crippen LogP contribution >= 0.6 is 0 Å². The van der Waals surface area contributed by atoms with E-state index in [4.69, 9.17) is 0 Å². The van der Waals surface area contributed by atoms with Gasteiger partial charge in [0.25, 0.3) is 0 Å². The Morgan fingerprint density at radius 2 is 1.88 bits per heavy atom. The quantitative estimate of drug-likeness (QED) is 0.680. The highest BCUT2D eigenvalue weighted by atomic mass is 16.2. The summed E-state index contributed by atoms with van der Waals surface area (Å²) in [6.07, 6.45) is 3.53. The predicted molar refractivity (Wildman–Crippen MR) is 102 cm³/mol. The first-order valence-corrected chi connectivity index (χ1v) is 8.37. The number of hydrogen-bond donors (Lipinski definition) is 0. The van der Waals surface area contributed by atoms with E-state index in [2.05, 4.69) is 23.3 Å². The number of carbonyl (C=O) groups is 1. The number of rotatable bonds is 4. The molecule has 0 atom stereocenters. The van der Waals surface area contributed by atoms with E-state index < -0.39 is 0 Å². The Morgan fingerprint density at radius 1 is 1.16 bits per heavy atom. The van der Waals surface area contributed by atoms with Gasteiger partial charge in [-0.25, -0.2) is 0 Å². The Morgan fingerprint density at radius 3 is 2.60 bits per heavy atom. The average molecular weight is 333 g/mol. The summed E-state index contributed by atoms with van der Waals surface area (Å²) in [6.45, 7) is 4.57. The molecule has 0 unspecified atom stereocenters. The largest absolute Gasteiger partial charge is 0.338 e. The zero-order chi connectivity index (χ0) is 18.0. The molecule has 0 bridgehead atoms. The molecule has 1 aromatic heterocycles. The van der Waals surface area contributed by atoms with Crippen molar-refractivity contribution < 1.29 is 4.79 Å². The van der Waals surface area contributed by atoms with Gasteiger partial charge >= 0.3 is 0 Å². The van der Waals surface area contributed by atoms with Gasteiger partial charge in [0.15, 0.2) is 0 Å². The minimum Gasteiger partial charge on any atom is -0.338 e. The summed E-state index contributed by atoms with van der Waals surface area (Å²) in [6, 6.07) is 14.3. The topological polar surface area (TPSA) is 38.1 Å². The molecule has 0 N–H and O–H groups in total. The SMILES string of the molecule is Cc1nn(C)c(C)c1CN(C)C(=O)/C=C/c1cccc2ccccc12. The van der Waals surface area contributed by atoms with Crippen molar-refractivity contribution in [3.8, 4) is 0 Å². The van der Waals surface area contributed by atoms with Gasteiger partial charge in [0, 0.05) is 38.0 Å². The highest BCUT2D eigenvalue weighted by molar-refractivity contribution is 5.96. The second-order valence-corrected chi connectivity index (χ2v) is 6.37. The normalized spacial score (nSPS) is 11.4. The van der Waals surface area contributed by atoms with Gasteiger partial charge in [-0.2, -0.15) is 5.10 Å². The van der Waals surface area contributed by atoms with Crippen LogP contribution in [0.15, 0.2) is 48.5 Å². The van der Waals surface area contributed by atoms with Crippen LogP contribution in [-0.4, -0.2) is 27.6 Å². The van der Waals surface area contributed by atoms with Crippen LogP contribution in [-0.2, 0) is 18.4 Å². The van der Waals surface area contributed by atoms with E-state index in [0.29, 0.717) is 6.54 Å². The molecule has 0 aliphatic heterocycles. The van der Waals surface area contributed by atoms with Gasteiger partial charge in [-0.05, 0) is 36.3 Å². The number of aryl methyl sites for hydroxylation is 2. The molecule has 0 saturated heterocycles. The number of aromatic nitrogens is 2. The van der Waals surface area contributed by atoms with E-state index in [0.717, 1.165) is 27.9 Å². The third-order valence-electron chi connectivity index (χ3n) is 4.66. The van der Waals surface area contributed by atoms with Crippen molar-refractivity contribution in [1.29, 1.82) is 0 Å². The highest BCUT2D eigenvalue weighted by Crippen LogP contribution is 2.20. The number of likely N-dealkylation sites (N-methyl/N-ethyl adjacent to an activating group) is 1. The zero-order valence-corrected chi connectivity index (χ0v) is 15.2. The molecule has 2 aromatic carbocycles. The van der Waals surface area contributed by atoms with Crippen molar-refractivity contribution in [2.75, 3.05) is 7.05 Å². The molecule has 0 aliphatic carbocycles. The maximum Gasteiger partial charge on any atom is 0.246 e. The molecule has 0 fully saturated rings. The zero-order valence-electron chi connectivity index (χ0n) is 15.2. The molecule has 0 radical (unpaired) electrons. The Bertz CT molecular complexity index is 948. The summed E-state index contributed by atoms with van der Waals surface area (Å²) in [5, 5.41) is 6.73. The minimum atomic E-state index is -0.0180. The van der Waals surface area contributed by atoms with Crippen LogP contribution in [0.25, 0.3) is 16.8 Å². The van der Waals surface area contributed by atoms with Crippen LogP contribution < -0.4 is 0 Å². The van der Waals surface area contributed by atoms with Crippen LogP contribution in [0.2, 0.25) is 0 Å². The molecular weight excluding hydrogens is 310 g/mol. The number of fused-ring (bicyclic) bond motifs is 1. The fourth-order valence-electron chi connectivity index (χ4n) is 3.05. The summed E-state index contributed by atoms with van der Waals surface area (Å²) in [5.41, 5.74) is 4.22. The van der Waals surface area contributed by atoms with Crippen molar-refractivity contribution in [3.63, 3.8) is 0 Å². The van der Waals surface area contributed by atoms with Gasteiger partial charge in [0.05, 0.1) is 5.69 Å². The molecule has 1 amide bonds. The second-order valence-electron chi connectivity index (χ2n) is 6.37. The molecule has 25 heavy (non-hydrogen) atoms. The van der Waals surface area contributed by atoms with Gasteiger partial charge in [-0.3, -0.25) is 9.48 Å². The van der Waals surface area contributed by atoms with Crippen molar-refractivity contribution in [2.24, 2.45) is 7.05 Å². The molecule has 4 nitrogen and oxygen atoms in total. The molecule has 3 aromatic rings. The molecule has 128 valence electrons. The summed E-state index contributed by atoms with van der Waals surface area (Å²) in [4.78, 5) is 14.2.